The average Bonchev–Trinajstić information content (AvgIpc) is 3.67. The molecule has 304 valence electrons. The Morgan fingerprint density at radius 3 is 2.24 bits per heavy atom. The summed E-state index contributed by atoms with van der Waals surface area (Å²) in [6, 6.07) is 17.0. The van der Waals surface area contributed by atoms with Gasteiger partial charge in [0.05, 0.1) is 28.9 Å². The van der Waals surface area contributed by atoms with Crippen LogP contribution in [0.15, 0.2) is 73.2 Å². The van der Waals surface area contributed by atoms with E-state index in [9.17, 15) is 19.2 Å². The molecule has 0 radical (unpaired) electrons. The van der Waals surface area contributed by atoms with E-state index in [4.69, 9.17) is 9.47 Å². The number of likely N-dealkylation sites (tertiary alicyclic amines) is 1. The number of pyridine rings is 2. The number of anilines is 1. The van der Waals surface area contributed by atoms with Gasteiger partial charge in [-0.2, -0.15) is 0 Å². The second-order valence-electron chi connectivity index (χ2n) is 16.6. The Kier molecular flexibility index (Phi) is 9.85. The SMILES string of the molecule is Cn1c2ccncc2c2ccc(-c3ccc(OC4CC(OC5CCN(CCN6CCN(c7ccc8c(c7)C(=O)N(C7CCC(=O)NC7=O)C8=O)CC6)CC5)C4)nc3)cc21. The largest absolute Gasteiger partial charge is 0.474 e. The fraction of sp³-hybridized carbons (Fsp3) is 0.422. The van der Waals surface area contributed by atoms with Gasteiger partial charge >= 0.3 is 0 Å². The molecule has 4 amide bonds. The molecule has 0 spiro atoms. The number of hydrogen-bond donors (Lipinski definition) is 1. The second kappa shape index (κ2) is 15.5. The zero-order valence-corrected chi connectivity index (χ0v) is 33.2. The molecule has 5 aliphatic rings. The van der Waals surface area contributed by atoms with Crippen molar-refractivity contribution in [2.24, 2.45) is 7.05 Å². The molecule has 1 atom stereocenters. The van der Waals surface area contributed by atoms with Crippen LogP contribution in [0.25, 0.3) is 32.9 Å². The van der Waals surface area contributed by atoms with Crippen LogP contribution < -0.4 is 15.0 Å². The molecule has 1 aliphatic carbocycles. The monoisotopic (exact) mass is 796 g/mol. The van der Waals surface area contributed by atoms with Crippen LogP contribution >= 0.6 is 0 Å². The van der Waals surface area contributed by atoms with Crippen LogP contribution in [0.3, 0.4) is 0 Å². The maximum atomic E-state index is 13.3. The van der Waals surface area contributed by atoms with Crippen LogP contribution in [0, 0.1) is 0 Å². The predicted molar refractivity (Wildman–Crippen MR) is 221 cm³/mol. The highest BCUT2D eigenvalue weighted by molar-refractivity contribution is 6.23. The third-order valence-electron chi connectivity index (χ3n) is 13.0. The Labute approximate surface area is 342 Å². The van der Waals surface area contributed by atoms with Gasteiger partial charge in [0.2, 0.25) is 17.7 Å². The highest BCUT2D eigenvalue weighted by atomic mass is 16.5. The minimum absolute atomic E-state index is 0.103. The van der Waals surface area contributed by atoms with Crippen molar-refractivity contribution in [2.45, 2.75) is 62.9 Å². The summed E-state index contributed by atoms with van der Waals surface area (Å²) in [5.74, 6) is -1.27. The summed E-state index contributed by atoms with van der Waals surface area (Å²) < 4.78 is 14.9. The molecule has 59 heavy (non-hydrogen) atoms. The molecule has 14 heteroatoms. The van der Waals surface area contributed by atoms with E-state index in [-0.39, 0.29) is 31.0 Å². The number of benzene rings is 2. The number of amides is 4. The van der Waals surface area contributed by atoms with E-state index in [1.54, 1.807) is 12.1 Å². The minimum Gasteiger partial charge on any atom is -0.474 e. The van der Waals surface area contributed by atoms with Crippen molar-refractivity contribution in [3.8, 4) is 17.0 Å². The van der Waals surface area contributed by atoms with Gasteiger partial charge in [0.15, 0.2) is 0 Å². The fourth-order valence-corrected chi connectivity index (χ4v) is 9.46. The fourth-order valence-electron chi connectivity index (χ4n) is 9.46. The summed E-state index contributed by atoms with van der Waals surface area (Å²) in [6.45, 7) is 7.58. The summed E-state index contributed by atoms with van der Waals surface area (Å²) in [4.78, 5) is 67.7. The van der Waals surface area contributed by atoms with Crippen molar-refractivity contribution < 1.29 is 28.7 Å². The van der Waals surface area contributed by atoms with E-state index < -0.39 is 23.8 Å². The third kappa shape index (κ3) is 7.23. The lowest BCUT2D eigenvalue weighted by Crippen LogP contribution is -2.54. The summed E-state index contributed by atoms with van der Waals surface area (Å²) in [5, 5.41) is 4.61. The van der Waals surface area contributed by atoms with E-state index >= 15 is 0 Å². The van der Waals surface area contributed by atoms with Gasteiger partial charge < -0.3 is 23.8 Å². The van der Waals surface area contributed by atoms with Crippen molar-refractivity contribution in [1.29, 1.82) is 0 Å². The number of carbonyl (C=O) groups is 4. The van der Waals surface area contributed by atoms with E-state index in [1.165, 1.54) is 16.4 Å². The first kappa shape index (κ1) is 37.6. The average molecular weight is 797 g/mol. The lowest BCUT2D eigenvalue weighted by molar-refractivity contribution is -0.136. The van der Waals surface area contributed by atoms with E-state index in [0.717, 1.165) is 105 Å². The molecule has 14 nitrogen and oxygen atoms in total. The Balaban J connectivity index is 0.631. The summed E-state index contributed by atoms with van der Waals surface area (Å²) in [7, 11) is 2.09. The molecule has 1 N–H and O–H groups in total. The molecule has 3 saturated heterocycles. The van der Waals surface area contributed by atoms with Crippen LogP contribution in [0.1, 0.15) is 59.2 Å². The van der Waals surface area contributed by atoms with Gasteiger partial charge in [-0.05, 0) is 61.2 Å². The van der Waals surface area contributed by atoms with Gasteiger partial charge in [-0.3, -0.25) is 39.3 Å². The number of piperazine rings is 1. The van der Waals surface area contributed by atoms with Crippen LogP contribution in [0.4, 0.5) is 5.69 Å². The van der Waals surface area contributed by atoms with Crippen LogP contribution in [-0.4, -0.2) is 130 Å². The number of rotatable bonds is 10. The first-order chi connectivity index (χ1) is 28.8. The molecule has 10 rings (SSSR count). The molecular weight excluding hydrogens is 749 g/mol. The number of carbonyl (C=O) groups excluding carboxylic acids is 4. The number of fused-ring (bicyclic) bond motifs is 4. The molecule has 0 bridgehead atoms. The Hall–Kier alpha value is -5.70. The van der Waals surface area contributed by atoms with Crippen molar-refractivity contribution in [3.05, 3.63) is 84.3 Å². The highest BCUT2D eigenvalue weighted by Crippen LogP contribution is 2.34. The quantitative estimate of drug-likeness (QED) is 0.201. The zero-order chi connectivity index (χ0) is 40.2. The number of aryl methyl sites for hydroxylation is 1. The predicted octanol–water partition coefficient (Wildman–Crippen LogP) is 4.40. The molecule has 4 aliphatic heterocycles. The highest BCUT2D eigenvalue weighted by Gasteiger charge is 2.45. The summed E-state index contributed by atoms with van der Waals surface area (Å²) in [6.07, 6.45) is 10.4. The Bertz CT molecular complexity index is 2450. The first-order valence-corrected chi connectivity index (χ1v) is 20.9. The van der Waals surface area contributed by atoms with Gasteiger partial charge in [-0.15, -0.1) is 0 Å². The third-order valence-corrected chi connectivity index (χ3v) is 13.0. The van der Waals surface area contributed by atoms with Crippen LogP contribution in [0.2, 0.25) is 0 Å². The Morgan fingerprint density at radius 1 is 0.712 bits per heavy atom. The lowest BCUT2D eigenvalue weighted by atomic mass is 9.91. The normalized spacial score (nSPS) is 23.2. The number of aromatic nitrogens is 3. The maximum Gasteiger partial charge on any atom is 0.262 e. The van der Waals surface area contributed by atoms with Gasteiger partial charge in [0.25, 0.3) is 11.8 Å². The van der Waals surface area contributed by atoms with Gasteiger partial charge in [-0.25, -0.2) is 4.98 Å². The number of hydrogen-bond acceptors (Lipinski definition) is 11. The molecule has 5 aromatic rings. The van der Waals surface area contributed by atoms with Crippen molar-refractivity contribution in [1.82, 2.24) is 34.6 Å². The number of piperidine rings is 2. The van der Waals surface area contributed by atoms with Crippen LogP contribution in [-0.2, 0) is 21.4 Å². The molecule has 1 unspecified atom stereocenters. The molecule has 7 heterocycles. The Morgan fingerprint density at radius 2 is 1.47 bits per heavy atom. The standard InChI is InChI=1S/C45H48N8O6/c1-49-38-10-13-46-27-37(38)34-5-2-28(22-40(34)49)29-3-9-42(47-26-29)59-33-24-32(25-33)58-31-11-14-50(15-12-31)16-17-51-18-20-52(21-19-51)30-4-6-35-36(23-30)45(57)53(44(35)56)39-7-8-41(54)48-43(39)55/h2-6,9-10,13,22-23,26-27,31-33,39H,7-8,11-12,14-21,24-25H2,1H3,(H,48,54,55). The lowest BCUT2D eigenvalue weighted by Gasteiger charge is -2.40. The van der Waals surface area contributed by atoms with Gasteiger partial charge in [0, 0.05) is 131 Å². The number of ether oxygens (including phenoxy) is 2. The van der Waals surface area contributed by atoms with Gasteiger partial charge in [0.1, 0.15) is 12.1 Å². The van der Waals surface area contributed by atoms with Crippen LogP contribution in [0.5, 0.6) is 5.88 Å². The smallest absolute Gasteiger partial charge is 0.262 e. The minimum atomic E-state index is -0.959. The molecule has 4 fully saturated rings. The van der Waals surface area contributed by atoms with Crippen molar-refractivity contribution in [3.63, 3.8) is 0 Å². The molecule has 2 aromatic carbocycles. The maximum absolute atomic E-state index is 13.3. The van der Waals surface area contributed by atoms with Crippen molar-refractivity contribution in [2.75, 3.05) is 57.3 Å². The molecule has 1 saturated carbocycles. The van der Waals surface area contributed by atoms with Crippen molar-refractivity contribution >= 4 is 51.1 Å². The number of imide groups is 2. The van der Waals surface area contributed by atoms with E-state index in [2.05, 4.69) is 71.9 Å². The zero-order valence-electron chi connectivity index (χ0n) is 33.2. The number of nitrogens with zero attached hydrogens (tertiary/aromatic N) is 7. The molecular formula is C45H48N8O6. The van der Waals surface area contributed by atoms with E-state index in [1.807, 2.05) is 30.7 Å². The second-order valence-corrected chi connectivity index (χ2v) is 16.6. The van der Waals surface area contributed by atoms with E-state index in [0.29, 0.717) is 23.1 Å². The topological polar surface area (TPSA) is 142 Å². The summed E-state index contributed by atoms with van der Waals surface area (Å²) in [5.41, 5.74) is 6.05. The summed E-state index contributed by atoms with van der Waals surface area (Å²) >= 11 is 0. The first-order valence-electron chi connectivity index (χ1n) is 20.9. The van der Waals surface area contributed by atoms with Gasteiger partial charge in [-0.1, -0.05) is 12.1 Å². The number of nitrogens with one attached hydrogen (secondary N) is 1. The molecule has 3 aromatic heterocycles.